The molecule has 114 valence electrons. The molecular weight excluding hydrogens is 300 g/mol. The molecule has 0 bridgehead atoms. The first kappa shape index (κ1) is 16.0. The summed E-state index contributed by atoms with van der Waals surface area (Å²) in [6, 6.07) is 13.5. The molecule has 0 aliphatic rings. The lowest BCUT2D eigenvalue weighted by Crippen LogP contribution is -2.41. The zero-order valence-corrected chi connectivity index (χ0v) is 13.1. The third-order valence-corrected chi connectivity index (χ3v) is 3.47. The topological polar surface area (TPSA) is 58.2 Å². The van der Waals surface area contributed by atoms with E-state index in [0.717, 1.165) is 5.56 Å². The van der Waals surface area contributed by atoms with Gasteiger partial charge >= 0.3 is 0 Å². The quantitative estimate of drug-likeness (QED) is 0.908. The van der Waals surface area contributed by atoms with Crippen molar-refractivity contribution in [3.63, 3.8) is 0 Å². The molecule has 2 N–H and O–H groups in total. The minimum absolute atomic E-state index is 0.286. The molecule has 1 atom stereocenters. The van der Waals surface area contributed by atoms with Gasteiger partial charge in [-0.3, -0.25) is 9.59 Å². The monoisotopic (exact) mass is 316 g/mol. The smallest absolute Gasteiger partial charge is 0.253 e. The van der Waals surface area contributed by atoms with Crippen molar-refractivity contribution < 1.29 is 9.59 Å². The van der Waals surface area contributed by atoms with Gasteiger partial charge in [0.25, 0.3) is 5.91 Å². The number of benzene rings is 2. The number of hydrogen-bond acceptors (Lipinski definition) is 2. The van der Waals surface area contributed by atoms with Crippen LogP contribution >= 0.6 is 11.6 Å². The van der Waals surface area contributed by atoms with Crippen molar-refractivity contribution in [2.75, 3.05) is 5.32 Å². The summed E-state index contributed by atoms with van der Waals surface area (Å²) in [5, 5.41) is 5.76. The molecule has 4 nitrogen and oxygen atoms in total. The average Bonchev–Trinajstić information content (AvgIpc) is 2.47. The van der Waals surface area contributed by atoms with Crippen LogP contribution in [0.5, 0.6) is 0 Å². The minimum atomic E-state index is -0.677. The van der Waals surface area contributed by atoms with E-state index in [1.54, 1.807) is 37.3 Å². The van der Waals surface area contributed by atoms with Gasteiger partial charge in [-0.05, 0) is 43.7 Å². The first-order valence-electron chi connectivity index (χ1n) is 6.90. The largest absolute Gasteiger partial charge is 0.340 e. The maximum Gasteiger partial charge on any atom is 0.253 e. The van der Waals surface area contributed by atoms with Gasteiger partial charge in [0.05, 0.1) is 10.6 Å². The van der Waals surface area contributed by atoms with Gasteiger partial charge in [0, 0.05) is 5.69 Å². The predicted octanol–water partition coefficient (Wildman–Crippen LogP) is 3.41. The van der Waals surface area contributed by atoms with Crippen molar-refractivity contribution >= 4 is 29.1 Å². The van der Waals surface area contributed by atoms with Crippen LogP contribution < -0.4 is 10.6 Å². The van der Waals surface area contributed by atoms with E-state index in [2.05, 4.69) is 10.6 Å². The molecule has 5 heteroatoms. The molecule has 0 aliphatic heterocycles. The van der Waals surface area contributed by atoms with Crippen LogP contribution in [0.15, 0.2) is 48.5 Å². The van der Waals surface area contributed by atoms with Crippen molar-refractivity contribution in [1.82, 2.24) is 5.32 Å². The van der Waals surface area contributed by atoms with Gasteiger partial charge < -0.3 is 10.6 Å². The van der Waals surface area contributed by atoms with Gasteiger partial charge in [0.2, 0.25) is 5.91 Å². The fraction of sp³-hybridized carbons (Fsp3) is 0.176. The molecule has 0 fully saturated rings. The summed E-state index contributed by atoms with van der Waals surface area (Å²) >= 11 is 5.97. The lowest BCUT2D eigenvalue weighted by Gasteiger charge is -2.15. The van der Waals surface area contributed by atoms with Crippen LogP contribution in [0.25, 0.3) is 0 Å². The molecule has 22 heavy (non-hydrogen) atoms. The highest BCUT2D eigenvalue weighted by Crippen LogP contribution is 2.15. The summed E-state index contributed by atoms with van der Waals surface area (Å²) in [7, 11) is 0. The second kappa shape index (κ2) is 7.09. The Morgan fingerprint density at radius 1 is 1.09 bits per heavy atom. The Bertz CT molecular complexity index is 701. The van der Waals surface area contributed by atoms with E-state index in [0.29, 0.717) is 16.3 Å². The van der Waals surface area contributed by atoms with Crippen LogP contribution in [0.2, 0.25) is 5.02 Å². The van der Waals surface area contributed by atoms with E-state index >= 15 is 0 Å². The first-order chi connectivity index (χ1) is 10.5. The molecule has 2 aromatic rings. The normalized spacial score (nSPS) is 11.6. The molecule has 0 saturated carbocycles. The SMILES string of the molecule is Cc1cccc(NC(=O)[C@H](C)NC(=O)c2ccccc2Cl)c1. The van der Waals surface area contributed by atoms with Crippen molar-refractivity contribution in [2.45, 2.75) is 19.9 Å². The molecule has 0 aromatic heterocycles. The highest BCUT2D eigenvalue weighted by Gasteiger charge is 2.18. The summed E-state index contributed by atoms with van der Waals surface area (Å²) in [5.41, 5.74) is 2.09. The number of aryl methyl sites for hydroxylation is 1. The molecule has 0 saturated heterocycles. The van der Waals surface area contributed by atoms with Crippen molar-refractivity contribution in [2.24, 2.45) is 0 Å². The number of amides is 2. The number of halogens is 1. The zero-order valence-electron chi connectivity index (χ0n) is 12.4. The maximum atomic E-state index is 12.1. The Kier molecular flexibility index (Phi) is 5.17. The van der Waals surface area contributed by atoms with Gasteiger partial charge in [-0.2, -0.15) is 0 Å². The molecule has 0 radical (unpaired) electrons. The molecule has 0 heterocycles. The number of carbonyl (C=O) groups excluding carboxylic acids is 2. The molecular formula is C17H17ClN2O2. The zero-order chi connectivity index (χ0) is 16.1. The Hall–Kier alpha value is -2.33. The fourth-order valence-corrected chi connectivity index (χ4v) is 2.18. The first-order valence-corrected chi connectivity index (χ1v) is 7.28. The second-order valence-electron chi connectivity index (χ2n) is 5.03. The predicted molar refractivity (Wildman–Crippen MR) is 88.2 cm³/mol. The number of rotatable bonds is 4. The fourth-order valence-electron chi connectivity index (χ4n) is 1.96. The lowest BCUT2D eigenvalue weighted by molar-refractivity contribution is -0.117. The van der Waals surface area contributed by atoms with Crippen molar-refractivity contribution in [1.29, 1.82) is 0 Å². The Morgan fingerprint density at radius 3 is 2.50 bits per heavy atom. The summed E-state index contributed by atoms with van der Waals surface area (Å²) in [6.07, 6.45) is 0. The summed E-state index contributed by atoms with van der Waals surface area (Å²) < 4.78 is 0. The van der Waals surface area contributed by atoms with Crippen LogP contribution in [-0.4, -0.2) is 17.9 Å². The van der Waals surface area contributed by atoms with Crippen LogP contribution in [-0.2, 0) is 4.79 Å². The molecule has 2 rings (SSSR count). The molecule has 0 unspecified atom stereocenters. The van der Waals surface area contributed by atoms with E-state index < -0.39 is 6.04 Å². The summed E-state index contributed by atoms with van der Waals surface area (Å²) in [6.45, 7) is 3.57. The van der Waals surface area contributed by atoms with Crippen LogP contribution in [0.1, 0.15) is 22.8 Å². The van der Waals surface area contributed by atoms with E-state index in [4.69, 9.17) is 11.6 Å². The summed E-state index contributed by atoms with van der Waals surface area (Å²) in [5.74, 6) is -0.663. The average molecular weight is 317 g/mol. The van der Waals surface area contributed by atoms with E-state index in [-0.39, 0.29) is 11.8 Å². The number of hydrogen-bond donors (Lipinski definition) is 2. The Balaban J connectivity index is 1.99. The number of nitrogens with one attached hydrogen (secondary N) is 2. The lowest BCUT2D eigenvalue weighted by atomic mass is 10.2. The molecule has 2 aromatic carbocycles. The summed E-state index contributed by atoms with van der Waals surface area (Å²) in [4.78, 5) is 24.2. The van der Waals surface area contributed by atoms with Crippen LogP contribution in [0.3, 0.4) is 0 Å². The van der Waals surface area contributed by atoms with Gasteiger partial charge in [-0.1, -0.05) is 35.9 Å². The molecule has 0 spiro atoms. The van der Waals surface area contributed by atoms with Crippen LogP contribution in [0, 0.1) is 6.92 Å². The van der Waals surface area contributed by atoms with Crippen molar-refractivity contribution in [3.8, 4) is 0 Å². The van der Waals surface area contributed by atoms with Gasteiger partial charge in [0.1, 0.15) is 6.04 Å². The number of carbonyl (C=O) groups is 2. The molecule has 2 amide bonds. The Labute approximate surface area is 134 Å². The van der Waals surface area contributed by atoms with Crippen LogP contribution in [0.4, 0.5) is 5.69 Å². The third-order valence-electron chi connectivity index (χ3n) is 3.14. The highest BCUT2D eigenvalue weighted by atomic mass is 35.5. The van der Waals surface area contributed by atoms with E-state index in [1.807, 2.05) is 25.1 Å². The van der Waals surface area contributed by atoms with Gasteiger partial charge in [-0.15, -0.1) is 0 Å². The van der Waals surface area contributed by atoms with Crippen molar-refractivity contribution in [3.05, 3.63) is 64.7 Å². The van der Waals surface area contributed by atoms with Gasteiger partial charge in [0.15, 0.2) is 0 Å². The standard InChI is InChI=1S/C17H17ClN2O2/c1-11-6-5-7-13(10-11)20-16(21)12(2)19-17(22)14-8-3-4-9-15(14)18/h3-10,12H,1-2H3,(H,19,22)(H,20,21)/t12-/m0/s1. The Morgan fingerprint density at radius 2 is 1.82 bits per heavy atom. The van der Waals surface area contributed by atoms with Gasteiger partial charge in [-0.25, -0.2) is 0 Å². The third kappa shape index (κ3) is 4.09. The number of anilines is 1. The second-order valence-corrected chi connectivity index (χ2v) is 5.44. The van der Waals surface area contributed by atoms with E-state index in [1.165, 1.54) is 0 Å². The highest BCUT2D eigenvalue weighted by molar-refractivity contribution is 6.33. The molecule has 0 aliphatic carbocycles. The van der Waals surface area contributed by atoms with E-state index in [9.17, 15) is 9.59 Å². The minimum Gasteiger partial charge on any atom is -0.340 e. The maximum absolute atomic E-state index is 12.1.